The van der Waals surface area contributed by atoms with Gasteiger partial charge in [0.2, 0.25) is 0 Å². The van der Waals surface area contributed by atoms with Crippen LogP contribution in [0.15, 0.2) is 0 Å². The fourth-order valence-corrected chi connectivity index (χ4v) is 0. The summed E-state index contributed by atoms with van der Waals surface area (Å²) in [6, 6.07) is 0. The molecule has 0 atom stereocenters. The Morgan fingerprint density at radius 2 is 1.33 bits per heavy atom. The maximum absolute atomic E-state index is 10.7. The fraction of sp³-hybridized carbons (Fsp3) is 1.00. The summed E-state index contributed by atoms with van der Waals surface area (Å²) in [5, 5.41) is 0. The van der Waals surface area contributed by atoms with Gasteiger partial charge in [0, 0.05) is 0 Å². The number of hydrogen-bond donors (Lipinski definition) is 1. The second-order valence-electron chi connectivity index (χ2n) is 0.921. The van der Waals surface area contributed by atoms with E-state index in [1.54, 1.807) is 0 Å². The summed E-state index contributed by atoms with van der Waals surface area (Å²) in [5.41, 5.74) is -5.53. The van der Waals surface area contributed by atoms with Gasteiger partial charge < -0.3 is 0 Å². The zero-order valence-corrected chi connectivity index (χ0v) is 7.22. The predicted molar refractivity (Wildman–Crippen MR) is 17.6 cm³/mol. The molecule has 0 heterocycles. The Kier molecular flexibility index (Phi) is 3.98. The number of alkyl halides is 3. The number of rotatable bonds is 0. The maximum atomic E-state index is 10.7. The van der Waals surface area contributed by atoms with E-state index < -0.39 is 15.6 Å². The van der Waals surface area contributed by atoms with Crippen LogP contribution in [0.2, 0.25) is 0 Å². The molecule has 0 radical (unpaired) electrons. The third-order valence-corrected chi connectivity index (χ3v) is 0.877. The van der Waals surface area contributed by atoms with Crippen molar-refractivity contribution in [1.29, 1.82) is 0 Å². The van der Waals surface area contributed by atoms with Crippen LogP contribution < -0.4 is 0 Å². The Balaban J connectivity index is 0. The van der Waals surface area contributed by atoms with Crippen molar-refractivity contribution in [2.75, 3.05) is 0 Å². The minimum atomic E-state index is -5.84. The average Bonchev–Trinajstić information content (AvgIpc) is 1.25. The second kappa shape index (κ2) is 2.97. The molecule has 0 amide bonds. The molecule has 3 nitrogen and oxygen atoms in total. The smallest absolute Gasteiger partial charge is 0.279 e. The molecule has 0 bridgehead atoms. The second-order valence-corrected chi connectivity index (χ2v) is 2.33. The molecule has 0 aromatic heterocycles. The molecule has 52 valence electrons. The largest absolute Gasteiger partial charge is 5.00 e. The van der Waals surface area contributed by atoms with Crippen LogP contribution in [0.25, 0.3) is 0 Å². The van der Waals surface area contributed by atoms with Crippen molar-refractivity contribution in [2.45, 2.75) is 5.51 Å². The molecule has 0 aromatic carbocycles. The van der Waals surface area contributed by atoms with Crippen LogP contribution in [0.1, 0.15) is 0 Å². The van der Waals surface area contributed by atoms with Crippen LogP contribution in [0.4, 0.5) is 13.2 Å². The van der Waals surface area contributed by atoms with Gasteiger partial charge in [-0.05, 0) is 0 Å². The van der Waals surface area contributed by atoms with E-state index in [9.17, 15) is 13.2 Å². The van der Waals surface area contributed by atoms with Crippen molar-refractivity contribution in [3.05, 3.63) is 0 Å². The summed E-state index contributed by atoms with van der Waals surface area (Å²) in [6.07, 6.45) is 0. The molecule has 8 heteroatoms. The molecule has 0 aliphatic carbocycles. The summed E-state index contributed by atoms with van der Waals surface area (Å²) < 4.78 is 57.5. The Morgan fingerprint density at radius 1 is 1.22 bits per heavy atom. The normalized spacial score (nSPS) is 12.4. The molecule has 0 rings (SSSR count). The van der Waals surface area contributed by atoms with Crippen molar-refractivity contribution < 1.29 is 46.6 Å². The van der Waals surface area contributed by atoms with E-state index >= 15 is 0 Å². The Bertz CT molecular complexity index is 168. The van der Waals surface area contributed by atoms with Gasteiger partial charge in [-0.25, -0.2) is 0 Å². The van der Waals surface area contributed by atoms with Gasteiger partial charge >= 0.3 is 36.0 Å². The molecule has 9 heavy (non-hydrogen) atoms. The van der Waals surface area contributed by atoms with Crippen LogP contribution in [0.3, 0.4) is 0 Å². The van der Waals surface area contributed by atoms with E-state index in [4.69, 9.17) is 13.0 Å². The number of halogens is 3. The quantitative estimate of drug-likeness (QED) is 0.514. The first-order valence-corrected chi connectivity index (χ1v) is 2.73. The molecule has 0 saturated heterocycles. The minimum absolute atomic E-state index is 0. The molecule has 0 unspecified atom stereocenters. The van der Waals surface area contributed by atoms with Gasteiger partial charge in [-0.1, -0.05) is 0 Å². The molecule has 1 N–H and O–H groups in total. The summed E-state index contributed by atoms with van der Waals surface area (Å²) in [7, 11) is -5.84. The van der Waals surface area contributed by atoms with E-state index in [0.717, 1.165) is 0 Å². The van der Waals surface area contributed by atoms with Crippen LogP contribution in [-0.4, -0.2) is 18.5 Å². The van der Waals surface area contributed by atoms with Gasteiger partial charge in [0.25, 0.3) is 0 Å². The molecule has 0 spiro atoms. The van der Waals surface area contributed by atoms with E-state index in [1.165, 1.54) is 0 Å². The molecular weight excluding hydrogens is 335 g/mol. The minimum Gasteiger partial charge on any atom is -0.279 e. The average molecular weight is 336 g/mol. The van der Waals surface area contributed by atoms with Gasteiger partial charge in [-0.15, -0.1) is 0 Å². The van der Waals surface area contributed by atoms with Crippen LogP contribution >= 0.6 is 0 Å². The van der Waals surface area contributed by atoms with Crippen molar-refractivity contribution >= 4 is 10.1 Å². The molecule has 0 aliphatic rings. The topological polar surface area (TPSA) is 54.4 Å². The SMILES string of the molecule is O=S(=O)(O)C(F)(F)F.[Re+5]. The van der Waals surface area contributed by atoms with E-state index in [1.807, 2.05) is 0 Å². The van der Waals surface area contributed by atoms with Crippen molar-refractivity contribution in [3.8, 4) is 0 Å². The zero-order valence-electron chi connectivity index (χ0n) is 3.68. The Hall–Kier alpha value is 0.362. The van der Waals surface area contributed by atoms with Gasteiger partial charge in [0.05, 0.1) is 0 Å². The standard InChI is InChI=1S/CHF3O3S.Re/c2-1(3,4)8(5,6)7;/h(H,5,6,7);/q;+5. The van der Waals surface area contributed by atoms with Crippen molar-refractivity contribution in [3.63, 3.8) is 0 Å². The molecule has 0 aromatic rings. The summed E-state index contributed by atoms with van der Waals surface area (Å²) in [4.78, 5) is 0. The van der Waals surface area contributed by atoms with E-state index in [2.05, 4.69) is 0 Å². The molecule has 0 aliphatic heterocycles. The first-order valence-electron chi connectivity index (χ1n) is 1.29. The molecular formula is CHF3O3ReS+5. The summed E-state index contributed by atoms with van der Waals surface area (Å²) in [5.74, 6) is 0. The van der Waals surface area contributed by atoms with Gasteiger partial charge in [0.15, 0.2) is 0 Å². The summed E-state index contributed by atoms with van der Waals surface area (Å²) in [6.45, 7) is 0. The maximum Gasteiger partial charge on any atom is 5.00 e. The third kappa shape index (κ3) is 3.86. The van der Waals surface area contributed by atoms with E-state index in [-0.39, 0.29) is 20.4 Å². The van der Waals surface area contributed by atoms with Crippen LogP contribution in [-0.2, 0) is 30.5 Å². The first-order chi connectivity index (χ1) is 3.25. The Morgan fingerprint density at radius 3 is 1.33 bits per heavy atom. The van der Waals surface area contributed by atoms with Crippen molar-refractivity contribution in [2.24, 2.45) is 0 Å². The first kappa shape index (κ1) is 12.1. The van der Waals surface area contributed by atoms with Crippen LogP contribution in [0, 0.1) is 0 Å². The zero-order chi connectivity index (χ0) is 7.00. The van der Waals surface area contributed by atoms with Gasteiger partial charge in [-0.2, -0.15) is 21.6 Å². The third-order valence-electron chi connectivity index (χ3n) is 0.292. The molecule has 0 fully saturated rings. The predicted octanol–water partition coefficient (Wildman–Crippen LogP) is 0.392. The molecule has 0 saturated carbocycles. The van der Waals surface area contributed by atoms with E-state index in [0.29, 0.717) is 0 Å². The van der Waals surface area contributed by atoms with Gasteiger partial charge in [0.1, 0.15) is 0 Å². The van der Waals surface area contributed by atoms with Crippen LogP contribution in [0.5, 0.6) is 0 Å². The van der Waals surface area contributed by atoms with Crippen molar-refractivity contribution in [1.82, 2.24) is 0 Å². The Labute approximate surface area is 62.6 Å². The number of hydrogen-bond acceptors (Lipinski definition) is 2. The fourth-order valence-electron chi connectivity index (χ4n) is 0. The summed E-state index contributed by atoms with van der Waals surface area (Å²) >= 11 is 0. The van der Waals surface area contributed by atoms with Gasteiger partial charge in [-0.3, -0.25) is 4.55 Å². The monoisotopic (exact) mass is 337 g/mol.